The first-order valence-corrected chi connectivity index (χ1v) is 7.79. The fraction of sp³-hybridized carbons (Fsp3) is 0.222. The van der Waals surface area contributed by atoms with Gasteiger partial charge in [-0.15, -0.1) is 0 Å². The normalized spacial score (nSPS) is 11.9. The number of ether oxygens (including phenoxy) is 1. The predicted octanol–water partition coefficient (Wildman–Crippen LogP) is 2.71. The van der Waals surface area contributed by atoms with Crippen LogP contribution < -0.4 is 10.6 Å². The number of carbonyl (C=O) groups is 2. The van der Waals surface area contributed by atoms with Gasteiger partial charge in [0.05, 0.1) is 19.4 Å². The highest BCUT2D eigenvalue weighted by Crippen LogP contribution is 2.13. The van der Waals surface area contributed by atoms with Gasteiger partial charge in [-0.2, -0.15) is 0 Å². The number of nitrogens with one attached hydrogen (secondary N) is 2. The van der Waals surface area contributed by atoms with E-state index in [-0.39, 0.29) is 6.54 Å². The second-order valence-electron chi connectivity index (χ2n) is 5.07. The maximum atomic E-state index is 11.8. The van der Waals surface area contributed by atoms with Crippen molar-refractivity contribution in [3.8, 4) is 0 Å². The van der Waals surface area contributed by atoms with Crippen LogP contribution in [0.15, 0.2) is 53.2 Å². The fourth-order valence-corrected chi connectivity index (χ4v) is 1.98. The number of aliphatic hydroxyl groups excluding tert-OH is 1. The van der Waals surface area contributed by atoms with Crippen molar-refractivity contribution in [2.24, 2.45) is 0 Å². The molecule has 3 N–H and O–H groups in total. The van der Waals surface area contributed by atoms with Crippen molar-refractivity contribution >= 4 is 23.8 Å². The Kier molecular flexibility index (Phi) is 6.79. The number of anilines is 1. The number of aliphatic hydroxyl groups is 1. The second-order valence-corrected chi connectivity index (χ2v) is 5.07. The number of rotatable bonds is 7. The third kappa shape index (κ3) is 6.15. The van der Waals surface area contributed by atoms with Crippen LogP contribution in [0.3, 0.4) is 0 Å². The van der Waals surface area contributed by atoms with Crippen LogP contribution >= 0.6 is 0 Å². The zero-order chi connectivity index (χ0) is 18.1. The zero-order valence-corrected chi connectivity index (χ0v) is 13.8. The number of esters is 1. The summed E-state index contributed by atoms with van der Waals surface area (Å²) in [5, 5.41) is 15.0. The van der Waals surface area contributed by atoms with E-state index in [9.17, 15) is 14.7 Å². The molecule has 0 saturated heterocycles. The molecule has 0 aliphatic rings. The minimum absolute atomic E-state index is 0.0275. The van der Waals surface area contributed by atoms with Crippen LogP contribution in [0.4, 0.5) is 10.5 Å². The minimum Gasteiger partial charge on any atom is -0.467 e. The Morgan fingerprint density at radius 3 is 2.68 bits per heavy atom. The average Bonchev–Trinajstić information content (AvgIpc) is 3.14. The Morgan fingerprint density at radius 1 is 1.28 bits per heavy atom. The molecule has 0 aliphatic carbocycles. The molecule has 7 heteroatoms. The average molecular weight is 344 g/mol. The van der Waals surface area contributed by atoms with Gasteiger partial charge >= 0.3 is 12.0 Å². The van der Waals surface area contributed by atoms with E-state index in [0.717, 1.165) is 5.56 Å². The summed E-state index contributed by atoms with van der Waals surface area (Å²) in [5.41, 5.74) is 1.38. The SMILES string of the molecule is CCOC(=O)C=Cc1ccc(NC(=O)NCC(O)c2ccco2)cc1. The molecule has 1 heterocycles. The number of hydrogen-bond donors (Lipinski definition) is 3. The van der Waals surface area contributed by atoms with Gasteiger partial charge in [-0.05, 0) is 42.8 Å². The number of amides is 2. The number of furan rings is 1. The van der Waals surface area contributed by atoms with Crippen LogP contribution in [0.1, 0.15) is 24.4 Å². The quantitative estimate of drug-likeness (QED) is 0.530. The molecule has 1 aromatic heterocycles. The van der Waals surface area contributed by atoms with Gasteiger partial charge in [0.1, 0.15) is 11.9 Å². The molecule has 0 saturated carbocycles. The van der Waals surface area contributed by atoms with Gasteiger partial charge in [0.2, 0.25) is 0 Å². The lowest BCUT2D eigenvalue weighted by atomic mass is 10.2. The second kappa shape index (κ2) is 9.29. The van der Waals surface area contributed by atoms with E-state index >= 15 is 0 Å². The molecule has 1 aromatic carbocycles. The lowest BCUT2D eigenvalue weighted by molar-refractivity contribution is -0.137. The Balaban J connectivity index is 1.80. The van der Waals surface area contributed by atoms with Crippen LogP contribution in [-0.2, 0) is 9.53 Å². The van der Waals surface area contributed by atoms with Crippen molar-refractivity contribution in [3.05, 3.63) is 60.1 Å². The van der Waals surface area contributed by atoms with E-state index in [2.05, 4.69) is 10.6 Å². The topological polar surface area (TPSA) is 101 Å². The smallest absolute Gasteiger partial charge is 0.330 e. The fourth-order valence-electron chi connectivity index (χ4n) is 1.98. The summed E-state index contributed by atoms with van der Waals surface area (Å²) in [5.74, 6) is -0.0165. The van der Waals surface area contributed by atoms with Crippen LogP contribution in [0.5, 0.6) is 0 Å². The Morgan fingerprint density at radius 2 is 2.04 bits per heavy atom. The molecule has 0 radical (unpaired) electrons. The summed E-state index contributed by atoms with van der Waals surface area (Å²) in [6.07, 6.45) is 3.52. The summed E-state index contributed by atoms with van der Waals surface area (Å²) < 4.78 is 9.85. The standard InChI is InChI=1S/C18H20N2O5/c1-2-24-17(22)10-7-13-5-8-14(9-6-13)20-18(23)19-12-15(21)16-4-3-11-25-16/h3-11,15,21H,2,12H2,1H3,(H2,19,20,23). The monoisotopic (exact) mass is 344 g/mol. The van der Waals surface area contributed by atoms with E-state index in [4.69, 9.17) is 9.15 Å². The maximum absolute atomic E-state index is 11.8. The van der Waals surface area contributed by atoms with Crippen molar-refractivity contribution in [2.45, 2.75) is 13.0 Å². The molecule has 0 bridgehead atoms. The lowest BCUT2D eigenvalue weighted by Gasteiger charge is -2.11. The number of benzene rings is 1. The van der Waals surface area contributed by atoms with Crippen molar-refractivity contribution in [2.75, 3.05) is 18.5 Å². The molecule has 0 aliphatic heterocycles. The molecule has 2 amide bonds. The van der Waals surface area contributed by atoms with Gasteiger partial charge in [0.25, 0.3) is 0 Å². The summed E-state index contributed by atoms with van der Waals surface area (Å²) >= 11 is 0. The first-order valence-electron chi connectivity index (χ1n) is 7.79. The predicted molar refractivity (Wildman–Crippen MR) is 92.8 cm³/mol. The molecule has 1 unspecified atom stereocenters. The molecular formula is C18H20N2O5. The van der Waals surface area contributed by atoms with E-state index < -0.39 is 18.1 Å². The molecule has 7 nitrogen and oxygen atoms in total. The first kappa shape index (κ1) is 18.3. The molecule has 25 heavy (non-hydrogen) atoms. The summed E-state index contributed by atoms with van der Waals surface area (Å²) in [6.45, 7) is 2.10. The van der Waals surface area contributed by atoms with Crippen molar-refractivity contribution < 1.29 is 23.8 Å². The summed E-state index contributed by atoms with van der Waals surface area (Å²) in [6, 6.07) is 9.76. The molecular weight excluding hydrogens is 324 g/mol. The van der Waals surface area contributed by atoms with E-state index in [1.165, 1.54) is 12.3 Å². The number of hydrogen-bond acceptors (Lipinski definition) is 5. The Bertz CT molecular complexity index is 708. The highest BCUT2D eigenvalue weighted by Gasteiger charge is 2.11. The molecule has 0 fully saturated rings. The van der Waals surface area contributed by atoms with Crippen LogP contribution in [0.2, 0.25) is 0 Å². The highest BCUT2D eigenvalue weighted by molar-refractivity contribution is 5.90. The number of carbonyl (C=O) groups excluding carboxylic acids is 2. The molecule has 0 spiro atoms. The van der Waals surface area contributed by atoms with Gasteiger partial charge in [-0.3, -0.25) is 0 Å². The van der Waals surface area contributed by atoms with Crippen LogP contribution in [-0.4, -0.2) is 30.3 Å². The van der Waals surface area contributed by atoms with Gasteiger partial charge in [-0.1, -0.05) is 12.1 Å². The first-order chi connectivity index (χ1) is 12.1. The molecule has 132 valence electrons. The maximum Gasteiger partial charge on any atom is 0.330 e. The Hall–Kier alpha value is -3.06. The zero-order valence-electron chi connectivity index (χ0n) is 13.8. The van der Waals surface area contributed by atoms with Crippen LogP contribution in [0.25, 0.3) is 6.08 Å². The van der Waals surface area contributed by atoms with Gasteiger partial charge in [0, 0.05) is 11.8 Å². The minimum atomic E-state index is -0.906. The van der Waals surface area contributed by atoms with Crippen molar-refractivity contribution in [1.29, 1.82) is 0 Å². The lowest BCUT2D eigenvalue weighted by Crippen LogP contribution is -2.32. The van der Waals surface area contributed by atoms with Crippen molar-refractivity contribution in [1.82, 2.24) is 5.32 Å². The van der Waals surface area contributed by atoms with Crippen LogP contribution in [0, 0.1) is 0 Å². The molecule has 2 rings (SSSR count). The third-order valence-corrected chi connectivity index (χ3v) is 3.19. The molecule has 1 atom stereocenters. The summed E-state index contributed by atoms with van der Waals surface area (Å²) in [4.78, 5) is 23.1. The third-order valence-electron chi connectivity index (χ3n) is 3.19. The van der Waals surface area contributed by atoms with Gasteiger partial charge < -0.3 is 24.9 Å². The largest absolute Gasteiger partial charge is 0.467 e. The van der Waals surface area contributed by atoms with E-state index in [1.54, 1.807) is 49.4 Å². The number of urea groups is 1. The van der Waals surface area contributed by atoms with E-state index in [1.807, 2.05) is 0 Å². The Labute approximate surface area is 145 Å². The van der Waals surface area contributed by atoms with Crippen molar-refractivity contribution in [3.63, 3.8) is 0 Å². The molecule has 2 aromatic rings. The highest BCUT2D eigenvalue weighted by atomic mass is 16.5. The van der Waals surface area contributed by atoms with E-state index in [0.29, 0.717) is 18.1 Å². The van der Waals surface area contributed by atoms with Gasteiger partial charge in [0.15, 0.2) is 0 Å². The van der Waals surface area contributed by atoms with Gasteiger partial charge in [-0.25, -0.2) is 9.59 Å². The summed E-state index contributed by atoms with van der Waals surface area (Å²) in [7, 11) is 0.